The lowest BCUT2D eigenvalue weighted by Crippen LogP contribution is -2.43. The molecule has 6 nitrogen and oxygen atoms in total. The lowest BCUT2D eigenvalue weighted by Gasteiger charge is -2.31. The number of amides is 2. The molecule has 2 bridgehead atoms. The predicted molar refractivity (Wildman–Crippen MR) is 140 cm³/mol. The molecule has 4 unspecified atom stereocenters. The summed E-state index contributed by atoms with van der Waals surface area (Å²) in [4.78, 5) is 29.5. The smallest absolute Gasteiger partial charge is 0.240 e. The molecular weight excluding hydrogens is 464 g/mol. The number of hydrogen-bond donors (Lipinski definition) is 0. The minimum Gasteiger partial charge on any atom is -0.493 e. The number of aryl methyl sites for hydroxylation is 2. The molecule has 3 aromatic carbocycles. The van der Waals surface area contributed by atoms with Gasteiger partial charge in [-0.3, -0.25) is 9.59 Å². The minimum absolute atomic E-state index is 0.191. The number of hydrogen-bond acceptors (Lipinski definition) is 5. The van der Waals surface area contributed by atoms with Crippen LogP contribution in [-0.4, -0.2) is 29.6 Å². The number of ether oxygens (including phenoxy) is 2. The van der Waals surface area contributed by atoms with Crippen LogP contribution in [0.4, 0.5) is 5.69 Å². The highest BCUT2D eigenvalue weighted by molar-refractivity contribution is 6.26. The molecule has 3 aliphatic rings. The van der Waals surface area contributed by atoms with E-state index in [-0.39, 0.29) is 11.8 Å². The van der Waals surface area contributed by atoms with Crippen molar-refractivity contribution in [1.82, 2.24) is 0 Å². The Morgan fingerprint density at radius 3 is 2.30 bits per heavy atom. The molecule has 2 amide bonds. The quantitative estimate of drug-likeness (QED) is 0.416. The first-order valence-electron chi connectivity index (χ1n) is 13.0. The fraction of sp³-hybridized carbons (Fsp3) is 0.387. The van der Waals surface area contributed by atoms with Crippen molar-refractivity contribution < 1.29 is 19.1 Å². The maximum absolute atomic E-state index is 14.1. The summed E-state index contributed by atoms with van der Waals surface area (Å²) >= 11 is 0. The topological polar surface area (TPSA) is 79.6 Å². The summed E-state index contributed by atoms with van der Waals surface area (Å²) in [5, 5.41) is 11.0. The van der Waals surface area contributed by atoms with Crippen molar-refractivity contribution in [2.75, 3.05) is 11.5 Å². The van der Waals surface area contributed by atoms with Crippen molar-refractivity contribution in [2.45, 2.75) is 57.7 Å². The highest BCUT2D eigenvalue weighted by Crippen LogP contribution is 2.63. The summed E-state index contributed by atoms with van der Waals surface area (Å²) < 4.78 is 12.8. The van der Waals surface area contributed by atoms with Crippen LogP contribution in [0.3, 0.4) is 0 Å². The van der Waals surface area contributed by atoms with Gasteiger partial charge in [-0.2, -0.15) is 5.26 Å². The van der Waals surface area contributed by atoms with E-state index >= 15 is 0 Å². The second kappa shape index (κ2) is 8.43. The molecule has 4 atom stereocenters. The molecule has 0 N–H and O–H groups in total. The Hall–Kier alpha value is -3.69. The van der Waals surface area contributed by atoms with Crippen molar-refractivity contribution in [3.05, 3.63) is 71.3 Å². The van der Waals surface area contributed by atoms with Crippen molar-refractivity contribution in [3.8, 4) is 11.8 Å². The number of benzene rings is 3. The zero-order valence-electron chi connectivity index (χ0n) is 21.4. The molecule has 0 saturated carbocycles. The van der Waals surface area contributed by atoms with Crippen LogP contribution in [0.5, 0.6) is 5.75 Å². The summed E-state index contributed by atoms with van der Waals surface area (Å²) in [6.45, 7) is 6.54. The number of rotatable bonds is 6. The van der Waals surface area contributed by atoms with Crippen LogP contribution in [0.25, 0.3) is 10.8 Å². The Bertz CT molecular complexity index is 1470. The zero-order valence-corrected chi connectivity index (χ0v) is 21.4. The number of carbonyl (C=O) groups is 2. The van der Waals surface area contributed by atoms with E-state index in [9.17, 15) is 14.9 Å². The van der Waals surface area contributed by atoms with Gasteiger partial charge < -0.3 is 9.47 Å². The van der Waals surface area contributed by atoms with Gasteiger partial charge in [0.1, 0.15) is 5.75 Å². The van der Waals surface area contributed by atoms with Crippen LogP contribution in [0.2, 0.25) is 0 Å². The Kier molecular flexibility index (Phi) is 5.40. The highest BCUT2D eigenvalue weighted by atomic mass is 16.5. The van der Waals surface area contributed by atoms with Crippen LogP contribution in [0.15, 0.2) is 54.6 Å². The molecule has 3 fully saturated rings. The van der Waals surface area contributed by atoms with Crippen LogP contribution in [-0.2, 0) is 14.3 Å². The molecular formula is C31H30N2O4. The first kappa shape index (κ1) is 23.7. The molecule has 3 aromatic rings. The van der Waals surface area contributed by atoms with Crippen LogP contribution in [0.1, 0.15) is 49.3 Å². The fourth-order valence-electron chi connectivity index (χ4n) is 7.07. The summed E-state index contributed by atoms with van der Waals surface area (Å²) in [6, 6.07) is 19.2. The van der Waals surface area contributed by atoms with Crippen molar-refractivity contribution >= 4 is 28.3 Å². The summed E-state index contributed by atoms with van der Waals surface area (Å²) in [5.74, 6) is -0.627. The van der Waals surface area contributed by atoms with Crippen molar-refractivity contribution in [3.63, 3.8) is 0 Å². The number of carbonyl (C=O) groups excluding carboxylic acids is 2. The molecule has 3 heterocycles. The first-order chi connectivity index (χ1) is 17.8. The van der Waals surface area contributed by atoms with Crippen molar-refractivity contribution in [1.29, 1.82) is 5.26 Å². The van der Waals surface area contributed by atoms with Gasteiger partial charge in [-0.1, -0.05) is 37.3 Å². The Morgan fingerprint density at radius 2 is 1.62 bits per heavy atom. The number of imide groups is 1. The van der Waals surface area contributed by atoms with Gasteiger partial charge in [0.2, 0.25) is 11.8 Å². The number of nitrogens with zero attached hydrogens (tertiary/aromatic N) is 2. The number of anilines is 1. The molecule has 188 valence electrons. The second-order valence-corrected chi connectivity index (χ2v) is 10.8. The van der Waals surface area contributed by atoms with Gasteiger partial charge in [-0.05, 0) is 68.5 Å². The summed E-state index contributed by atoms with van der Waals surface area (Å²) in [7, 11) is 0. The lowest BCUT2D eigenvalue weighted by molar-refractivity contribution is -0.132. The standard InChI is InChI=1S/C31H30N2O4/c1-4-30-11-12-31(37-30,13-14-36-22-16-19(2)15-20(3)17-22)27-26(30)28(34)33(29(27)35)25-10-9-21(18-32)23-7-5-6-8-24(23)25/h5-10,15-17,26-27H,4,11-14H2,1-3H3. The van der Waals surface area contributed by atoms with E-state index in [2.05, 4.69) is 12.1 Å². The Balaban J connectivity index is 1.35. The zero-order chi connectivity index (χ0) is 25.9. The minimum atomic E-state index is -0.719. The molecule has 6 heteroatoms. The number of fused-ring (bicyclic) bond motifs is 6. The maximum Gasteiger partial charge on any atom is 0.240 e. The van der Waals surface area contributed by atoms with Gasteiger partial charge in [0.25, 0.3) is 0 Å². The van der Waals surface area contributed by atoms with Gasteiger partial charge in [-0.25, -0.2) is 4.90 Å². The van der Waals surface area contributed by atoms with E-state index in [0.29, 0.717) is 30.7 Å². The van der Waals surface area contributed by atoms with Gasteiger partial charge in [0.15, 0.2) is 0 Å². The summed E-state index contributed by atoms with van der Waals surface area (Å²) in [5.41, 5.74) is 1.99. The molecule has 0 radical (unpaired) electrons. The molecule has 37 heavy (non-hydrogen) atoms. The van der Waals surface area contributed by atoms with E-state index in [0.717, 1.165) is 40.5 Å². The van der Waals surface area contributed by atoms with Gasteiger partial charge >= 0.3 is 0 Å². The highest BCUT2D eigenvalue weighted by Gasteiger charge is 2.74. The molecule has 0 spiro atoms. The normalized spacial score (nSPS) is 28.1. The monoisotopic (exact) mass is 494 g/mol. The Morgan fingerprint density at radius 1 is 0.973 bits per heavy atom. The average Bonchev–Trinajstić information content (AvgIpc) is 3.49. The second-order valence-electron chi connectivity index (χ2n) is 10.8. The largest absolute Gasteiger partial charge is 0.493 e. The lowest BCUT2D eigenvalue weighted by atomic mass is 9.66. The van der Waals surface area contributed by atoms with E-state index in [1.807, 2.05) is 57.2 Å². The van der Waals surface area contributed by atoms with E-state index in [4.69, 9.17) is 9.47 Å². The van der Waals surface area contributed by atoms with E-state index < -0.39 is 23.0 Å². The van der Waals surface area contributed by atoms with Crippen LogP contribution >= 0.6 is 0 Å². The maximum atomic E-state index is 14.1. The van der Waals surface area contributed by atoms with Gasteiger partial charge in [0, 0.05) is 17.2 Å². The van der Waals surface area contributed by atoms with Crippen LogP contribution < -0.4 is 9.64 Å². The molecule has 0 aliphatic carbocycles. The average molecular weight is 495 g/mol. The molecule has 0 aromatic heterocycles. The fourth-order valence-corrected chi connectivity index (χ4v) is 7.07. The summed E-state index contributed by atoms with van der Waals surface area (Å²) in [6.07, 6.45) is 2.72. The Labute approximate surface area is 216 Å². The third-order valence-corrected chi connectivity index (χ3v) is 8.67. The number of nitriles is 1. The van der Waals surface area contributed by atoms with Gasteiger partial charge in [-0.15, -0.1) is 0 Å². The van der Waals surface area contributed by atoms with Crippen LogP contribution in [0, 0.1) is 37.0 Å². The van der Waals surface area contributed by atoms with E-state index in [1.54, 1.807) is 12.1 Å². The SMILES string of the molecule is CCC12CCC(CCOc3cc(C)cc(C)c3)(O1)C1C(=O)N(c3ccc(C#N)c4ccccc34)C(=O)C12. The molecule has 3 aliphatic heterocycles. The molecule has 3 saturated heterocycles. The third kappa shape index (κ3) is 3.41. The molecule has 6 rings (SSSR count). The van der Waals surface area contributed by atoms with Gasteiger partial charge in [0.05, 0.1) is 47.0 Å². The van der Waals surface area contributed by atoms with Crippen molar-refractivity contribution in [2.24, 2.45) is 11.8 Å². The van der Waals surface area contributed by atoms with E-state index in [1.165, 1.54) is 4.90 Å². The predicted octanol–water partition coefficient (Wildman–Crippen LogP) is 5.61. The third-order valence-electron chi connectivity index (χ3n) is 8.67. The first-order valence-corrected chi connectivity index (χ1v) is 13.0.